The SMILES string of the molecule is COC(=O)[C@@H]1C[C@H](NC(=O)c2ccccc2-c2ccc(C(F)(F)F)cc2)CN1Cc1cccc(F)c1. The molecular formula is C27H24F4N2O3. The number of hydrogen-bond acceptors (Lipinski definition) is 4. The van der Waals surface area contributed by atoms with Crippen LogP contribution in [-0.4, -0.2) is 42.5 Å². The minimum atomic E-state index is -4.45. The fourth-order valence-electron chi connectivity index (χ4n) is 4.47. The average Bonchev–Trinajstić information content (AvgIpc) is 3.25. The third kappa shape index (κ3) is 5.73. The number of nitrogens with zero attached hydrogens (tertiary/aromatic N) is 1. The van der Waals surface area contributed by atoms with Gasteiger partial charge in [-0.3, -0.25) is 14.5 Å². The number of rotatable bonds is 6. The number of halogens is 4. The molecule has 9 heteroatoms. The molecule has 3 aromatic rings. The molecule has 2 atom stereocenters. The van der Waals surface area contributed by atoms with Gasteiger partial charge < -0.3 is 10.1 Å². The standard InChI is InChI=1S/C27H24F4N2O3/c1-36-26(35)24-14-21(16-33(24)15-17-5-4-6-20(28)13-17)32-25(34)23-8-3-2-7-22(23)18-9-11-19(12-10-18)27(29,30)31/h2-13,21,24H,14-16H2,1H3,(H,32,34)/t21-,24-/m0/s1. The van der Waals surface area contributed by atoms with Gasteiger partial charge in [0.15, 0.2) is 0 Å². The average molecular weight is 500 g/mol. The van der Waals surface area contributed by atoms with E-state index >= 15 is 0 Å². The van der Waals surface area contributed by atoms with Gasteiger partial charge in [0.25, 0.3) is 5.91 Å². The quantitative estimate of drug-likeness (QED) is 0.380. The molecule has 1 aliphatic heterocycles. The van der Waals surface area contributed by atoms with E-state index in [-0.39, 0.29) is 5.82 Å². The van der Waals surface area contributed by atoms with E-state index in [1.807, 2.05) is 4.90 Å². The highest BCUT2D eigenvalue weighted by atomic mass is 19.4. The molecule has 0 bridgehead atoms. The molecule has 0 saturated carbocycles. The summed E-state index contributed by atoms with van der Waals surface area (Å²) in [5, 5.41) is 2.93. The molecule has 0 aliphatic carbocycles. The number of carbonyl (C=O) groups is 2. The molecule has 0 aromatic heterocycles. The van der Waals surface area contributed by atoms with Crippen molar-refractivity contribution in [2.24, 2.45) is 0 Å². The van der Waals surface area contributed by atoms with Gasteiger partial charge in [0.1, 0.15) is 11.9 Å². The van der Waals surface area contributed by atoms with Crippen molar-refractivity contribution in [2.45, 2.75) is 31.2 Å². The zero-order valence-electron chi connectivity index (χ0n) is 19.4. The molecule has 3 aromatic carbocycles. The number of likely N-dealkylation sites (tertiary alicyclic amines) is 1. The number of alkyl halides is 3. The fourth-order valence-corrected chi connectivity index (χ4v) is 4.47. The largest absolute Gasteiger partial charge is 0.468 e. The summed E-state index contributed by atoms with van der Waals surface area (Å²) in [4.78, 5) is 27.4. The van der Waals surface area contributed by atoms with Crippen LogP contribution in [0.2, 0.25) is 0 Å². The number of methoxy groups -OCH3 is 1. The van der Waals surface area contributed by atoms with Crippen LogP contribution in [0.25, 0.3) is 11.1 Å². The first-order chi connectivity index (χ1) is 17.2. The molecule has 1 aliphatic rings. The summed E-state index contributed by atoms with van der Waals surface area (Å²) in [6, 6.07) is 16.3. The molecule has 188 valence electrons. The Bertz CT molecular complexity index is 1240. The highest BCUT2D eigenvalue weighted by Gasteiger charge is 2.38. The van der Waals surface area contributed by atoms with Crippen LogP contribution in [0.4, 0.5) is 17.6 Å². The second kappa shape index (κ2) is 10.5. The number of amides is 1. The van der Waals surface area contributed by atoms with Crippen LogP contribution >= 0.6 is 0 Å². The fraction of sp³-hybridized carbons (Fsp3) is 0.259. The summed E-state index contributed by atoms with van der Waals surface area (Å²) < 4.78 is 57.4. The van der Waals surface area contributed by atoms with Crippen LogP contribution in [0.1, 0.15) is 27.9 Å². The predicted molar refractivity (Wildman–Crippen MR) is 125 cm³/mol. The third-order valence-corrected chi connectivity index (χ3v) is 6.18. The zero-order valence-corrected chi connectivity index (χ0v) is 19.4. The van der Waals surface area contributed by atoms with E-state index in [9.17, 15) is 27.2 Å². The molecule has 1 saturated heterocycles. The van der Waals surface area contributed by atoms with E-state index in [4.69, 9.17) is 4.74 Å². The van der Waals surface area contributed by atoms with Crippen molar-refractivity contribution < 1.29 is 31.9 Å². The highest BCUT2D eigenvalue weighted by Crippen LogP contribution is 2.32. The van der Waals surface area contributed by atoms with Crippen molar-refractivity contribution in [2.75, 3.05) is 13.7 Å². The molecule has 1 heterocycles. The predicted octanol–water partition coefficient (Wildman–Crippen LogP) is 5.06. The van der Waals surface area contributed by atoms with Crippen LogP contribution < -0.4 is 5.32 Å². The smallest absolute Gasteiger partial charge is 0.416 e. The van der Waals surface area contributed by atoms with Gasteiger partial charge in [-0.15, -0.1) is 0 Å². The summed E-state index contributed by atoms with van der Waals surface area (Å²) in [6.45, 7) is 0.635. The van der Waals surface area contributed by atoms with Gasteiger partial charge in [0, 0.05) is 24.7 Å². The lowest BCUT2D eigenvalue weighted by molar-refractivity contribution is -0.146. The Labute approximate surface area is 205 Å². The number of carbonyl (C=O) groups excluding carboxylic acids is 2. The van der Waals surface area contributed by atoms with Crippen LogP contribution in [0, 0.1) is 5.82 Å². The number of hydrogen-bond donors (Lipinski definition) is 1. The lowest BCUT2D eigenvalue weighted by Gasteiger charge is -2.22. The molecule has 4 rings (SSSR count). The lowest BCUT2D eigenvalue weighted by atomic mass is 9.98. The molecular weight excluding hydrogens is 476 g/mol. The Hall–Kier alpha value is -3.72. The van der Waals surface area contributed by atoms with Crippen molar-refractivity contribution in [1.82, 2.24) is 10.2 Å². The maximum Gasteiger partial charge on any atom is 0.416 e. The van der Waals surface area contributed by atoms with E-state index in [0.29, 0.717) is 41.8 Å². The van der Waals surface area contributed by atoms with Crippen molar-refractivity contribution in [1.29, 1.82) is 0 Å². The summed E-state index contributed by atoms with van der Waals surface area (Å²) in [6.07, 6.45) is -4.15. The number of benzene rings is 3. The van der Waals surface area contributed by atoms with Crippen molar-refractivity contribution in [3.8, 4) is 11.1 Å². The summed E-state index contributed by atoms with van der Waals surface area (Å²) in [5.41, 5.74) is 1.17. The number of nitrogens with one attached hydrogen (secondary N) is 1. The summed E-state index contributed by atoms with van der Waals surface area (Å²) in [5.74, 6) is -1.24. The Balaban J connectivity index is 1.52. The summed E-state index contributed by atoms with van der Waals surface area (Å²) in [7, 11) is 1.29. The molecule has 0 unspecified atom stereocenters. The first-order valence-corrected chi connectivity index (χ1v) is 11.3. The lowest BCUT2D eigenvalue weighted by Crippen LogP contribution is -2.38. The maximum absolute atomic E-state index is 13.6. The molecule has 1 N–H and O–H groups in total. The molecule has 0 radical (unpaired) electrons. The van der Waals surface area contributed by atoms with E-state index in [0.717, 1.165) is 12.1 Å². The van der Waals surface area contributed by atoms with Crippen LogP contribution in [-0.2, 0) is 22.3 Å². The molecule has 1 fully saturated rings. The normalized spacial score (nSPS) is 18.1. The van der Waals surface area contributed by atoms with Crippen molar-refractivity contribution >= 4 is 11.9 Å². The monoisotopic (exact) mass is 500 g/mol. The Morgan fingerprint density at radius 2 is 1.75 bits per heavy atom. The highest BCUT2D eigenvalue weighted by molar-refractivity contribution is 6.01. The summed E-state index contributed by atoms with van der Waals surface area (Å²) >= 11 is 0. The van der Waals surface area contributed by atoms with Gasteiger partial charge in [0.2, 0.25) is 0 Å². The van der Waals surface area contributed by atoms with Crippen molar-refractivity contribution in [3.05, 3.63) is 95.3 Å². The number of ether oxygens (including phenoxy) is 1. The molecule has 0 spiro atoms. The van der Waals surface area contributed by atoms with Gasteiger partial charge in [0.05, 0.1) is 12.7 Å². The third-order valence-electron chi connectivity index (χ3n) is 6.18. The van der Waals surface area contributed by atoms with Gasteiger partial charge in [-0.1, -0.05) is 42.5 Å². The first-order valence-electron chi connectivity index (χ1n) is 11.3. The van der Waals surface area contributed by atoms with E-state index < -0.39 is 35.7 Å². The molecule has 36 heavy (non-hydrogen) atoms. The Morgan fingerprint density at radius 1 is 1.03 bits per heavy atom. The first kappa shape index (κ1) is 25.4. The van der Waals surface area contributed by atoms with Gasteiger partial charge in [-0.2, -0.15) is 13.2 Å². The Morgan fingerprint density at radius 3 is 2.42 bits per heavy atom. The van der Waals surface area contributed by atoms with Crippen LogP contribution in [0.5, 0.6) is 0 Å². The van der Waals surface area contributed by atoms with Crippen LogP contribution in [0.15, 0.2) is 72.8 Å². The topological polar surface area (TPSA) is 58.6 Å². The van der Waals surface area contributed by atoms with Crippen LogP contribution in [0.3, 0.4) is 0 Å². The van der Waals surface area contributed by atoms with E-state index in [2.05, 4.69) is 5.32 Å². The van der Waals surface area contributed by atoms with Gasteiger partial charge >= 0.3 is 12.1 Å². The van der Waals surface area contributed by atoms with E-state index in [1.165, 1.54) is 31.4 Å². The minimum Gasteiger partial charge on any atom is -0.468 e. The Kier molecular flexibility index (Phi) is 7.40. The van der Waals surface area contributed by atoms with Crippen molar-refractivity contribution in [3.63, 3.8) is 0 Å². The van der Waals surface area contributed by atoms with Gasteiger partial charge in [-0.25, -0.2) is 4.39 Å². The second-order valence-electron chi connectivity index (χ2n) is 8.63. The second-order valence-corrected chi connectivity index (χ2v) is 8.63. The maximum atomic E-state index is 13.6. The van der Waals surface area contributed by atoms with E-state index in [1.54, 1.807) is 36.4 Å². The zero-order chi connectivity index (χ0) is 25.9. The van der Waals surface area contributed by atoms with Gasteiger partial charge in [-0.05, 0) is 53.4 Å². The molecule has 5 nitrogen and oxygen atoms in total. The number of esters is 1. The minimum absolute atomic E-state index is 0.298. The molecule has 1 amide bonds.